The lowest BCUT2D eigenvalue weighted by molar-refractivity contribution is 0.292. The highest BCUT2D eigenvalue weighted by Crippen LogP contribution is 2.11. The summed E-state index contributed by atoms with van der Waals surface area (Å²) in [6.45, 7) is 3.23. The molecule has 0 bridgehead atoms. The van der Waals surface area contributed by atoms with E-state index in [9.17, 15) is 0 Å². The molecule has 0 aliphatic rings. The Balaban J connectivity index is 2.00. The standard InChI is InChI=1S/C11H15N5OS/c1-2-4-17-11-15-9(12)14-10(16-11)13-6-8-3-5-18-7-8/h3,5,7H,2,4,6H2,1H3,(H3,12,13,14,15,16). The highest BCUT2D eigenvalue weighted by atomic mass is 32.1. The van der Waals surface area contributed by atoms with Gasteiger partial charge in [0.25, 0.3) is 0 Å². The van der Waals surface area contributed by atoms with Gasteiger partial charge in [0.05, 0.1) is 6.61 Å². The van der Waals surface area contributed by atoms with Gasteiger partial charge in [-0.3, -0.25) is 0 Å². The lowest BCUT2D eigenvalue weighted by Gasteiger charge is -2.06. The monoisotopic (exact) mass is 265 g/mol. The summed E-state index contributed by atoms with van der Waals surface area (Å²) in [5.41, 5.74) is 6.78. The van der Waals surface area contributed by atoms with Crippen LogP contribution < -0.4 is 15.8 Å². The molecule has 0 saturated carbocycles. The van der Waals surface area contributed by atoms with Gasteiger partial charge in [-0.1, -0.05) is 6.92 Å². The Hall–Kier alpha value is -1.89. The average Bonchev–Trinajstić information content (AvgIpc) is 2.86. The first-order valence-corrected chi connectivity index (χ1v) is 6.61. The first-order chi connectivity index (χ1) is 8.78. The van der Waals surface area contributed by atoms with Gasteiger partial charge in [0, 0.05) is 6.54 Å². The predicted molar refractivity (Wildman–Crippen MR) is 71.7 cm³/mol. The molecule has 0 aliphatic carbocycles. The van der Waals surface area contributed by atoms with Crippen molar-refractivity contribution in [3.8, 4) is 6.01 Å². The van der Waals surface area contributed by atoms with Gasteiger partial charge in [-0.2, -0.15) is 26.3 Å². The van der Waals surface area contributed by atoms with Crippen molar-refractivity contribution in [1.29, 1.82) is 0 Å². The fourth-order valence-electron chi connectivity index (χ4n) is 1.28. The molecule has 0 amide bonds. The van der Waals surface area contributed by atoms with E-state index in [4.69, 9.17) is 10.5 Å². The van der Waals surface area contributed by atoms with E-state index in [1.165, 1.54) is 5.56 Å². The number of hydrogen-bond donors (Lipinski definition) is 2. The molecule has 18 heavy (non-hydrogen) atoms. The van der Waals surface area contributed by atoms with Crippen LogP contribution in [0.1, 0.15) is 18.9 Å². The Morgan fingerprint density at radius 3 is 3.00 bits per heavy atom. The fraction of sp³-hybridized carbons (Fsp3) is 0.364. The smallest absolute Gasteiger partial charge is 0.323 e. The van der Waals surface area contributed by atoms with Crippen LogP contribution in [0.15, 0.2) is 16.8 Å². The molecule has 3 N–H and O–H groups in total. The van der Waals surface area contributed by atoms with Crippen LogP contribution in [0.25, 0.3) is 0 Å². The van der Waals surface area contributed by atoms with Crippen molar-refractivity contribution < 1.29 is 4.74 Å². The number of anilines is 2. The van der Waals surface area contributed by atoms with E-state index in [0.29, 0.717) is 19.1 Å². The normalized spacial score (nSPS) is 10.3. The highest BCUT2D eigenvalue weighted by Gasteiger charge is 2.05. The number of rotatable bonds is 6. The molecule has 0 saturated heterocycles. The summed E-state index contributed by atoms with van der Waals surface area (Å²) in [6.07, 6.45) is 0.892. The third-order valence-corrected chi connectivity index (χ3v) is 2.83. The van der Waals surface area contributed by atoms with Gasteiger partial charge in [0.2, 0.25) is 11.9 Å². The lowest BCUT2D eigenvalue weighted by Crippen LogP contribution is -2.09. The molecule has 2 aromatic rings. The quantitative estimate of drug-likeness (QED) is 0.829. The zero-order valence-electron chi connectivity index (χ0n) is 10.1. The van der Waals surface area contributed by atoms with Crippen LogP contribution in [-0.2, 0) is 6.54 Å². The van der Waals surface area contributed by atoms with E-state index < -0.39 is 0 Å². The molecule has 2 rings (SSSR count). The molecule has 0 fully saturated rings. The maximum Gasteiger partial charge on any atom is 0.323 e. The second kappa shape index (κ2) is 6.15. The van der Waals surface area contributed by atoms with E-state index in [2.05, 4.69) is 25.6 Å². The second-order valence-electron chi connectivity index (χ2n) is 3.63. The van der Waals surface area contributed by atoms with Gasteiger partial charge in [-0.25, -0.2) is 0 Å². The van der Waals surface area contributed by atoms with Gasteiger partial charge in [0.15, 0.2) is 0 Å². The molecule has 0 aromatic carbocycles. The SMILES string of the molecule is CCCOc1nc(N)nc(NCc2ccsc2)n1. The van der Waals surface area contributed by atoms with Crippen LogP contribution in [0.2, 0.25) is 0 Å². The van der Waals surface area contributed by atoms with Crippen LogP contribution in [-0.4, -0.2) is 21.6 Å². The Labute approximate surface area is 109 Å². The Bertz CT molecular complexity index is 488. The molecule has 6 nitrogen and oxygen atoms in total. The third-order valence-electron chi connectivity index (χ3n) is 2.10. The van der Waals surface area contributed by atoms with Gasteiger partial charge in [0.1, 0.15) is 0 Å². The van der Waals surface area contributed by atoms with Gasteiger partial charge < -0.3 is 15.8 Å². The summed E-state index contributed by atoms with van der Waals surface area (Å²) >= 11 is 1.65. The number of thiophene rings is 1. The molecule has 0 spiro atoms. The summed E-state index contributed by atoms with van der Waals surface area (Å²) in [6, 6.07) is 2.30. The van der Waals surface area contributed by atoms with E-state index in [1.807, 2.05) is 18.4 Å². The zero-order chi connectivity index (χ0) is 12.8. The van der Waals surface area contributed by atoms with E-state index >= 15 is 0 Å². The van der Waals surface area contributed by atoms with Gasteiger partial charge >= 0.3 is 6.01 Å². The molecule has 0 radical (unpaired) electrons. The summed E-state index contributed by atoms with van der Waals surface area (Å²) in [5.74, 6) is 0.587. The number of aromatic nitrogens is 3. The minimum atomic E-state index is 0.156. The maximum atomic E-state index is 5.60. The summed E-state index contributed by atoms with van der Waals surface area (Å²) in [4.78, 5) is 12.1. The zero-order valence-corrected chi connectivity index (χ0v) is 10.9. The van der Waals surface area contributed by atoms with Gasteiger partial charge in [-0.15, -0.1) is 0 Å². The molecule has 0 atom stereocenters. The van der Waals surface area contributed by atoms with Crippen LogP contribution in [0.4, 0.5) is 11.9 Å². The lowest BCUT2D eigenvalue weighted by atomic mass is 10.3. The van der Waals surface area contributed by atoms with Crippen LogP contribution in [0, 0.1) is 0 Å². The molecule has 96 valence electrons. The third kappa shape index (κ3) is 3.56. The van der Waals surface area contributed by atoms with Crippen molar-refractivity contribution >= 4 is 23.2 Å². The minimum Gasteiger partial charge on any atom is -0.463 e. The number of nitrogen functional groups attached to an aromatic ring is 1. The molecule has 7 heteroatoms. The molecule has 2 heterocycles. The van der Waals surface area contributed by atoms with Crippen LogP contribution >= 0.6 is 11.3 Å². The van der Waals surface area contributed by atoms with Crippen molar-refractivity contribution in [3.05, 3.63) is 22.4 Å². The van der Waals surface area contributed by atoms with Gasteiger partial charge in [-0.05, 0) is 28.8 Å². The number of nitrogens with one attached hydrogen (secondary N) is 1. The fourth-order valence-corrected chi connectivity index (χ4v) is 1.95. The van der Waals surface area contributed by atoms with Crippen molar-refractivity contribution in [1.82, 2.24) is 15.0 Å². The summed E-state index contributed by atoms with van der Waals surface area (Å²) in [5, 5.41) is 7.17. The average molecular weight is 265 g/mol. The Morgan fingerprint density at radius 1 is 1.39 bits per heavy atom. The van der Waals surface area contributed by atoms with Crippen LogP contribution in [0.3, 0.4) is 0 Å². The molecule has 0 aliphatic heterocycles. The molecular weight excluding hydrogens is 250 g/mol. The molecule has 0 unspecified atom stereocenters. The maximum absolute atomic E-state index is 5.60. The predicted octanol–water partition coefficient (Wildman–Crippen LogP) is 1.92. The summed E-state index contributed by atoms with van der Waals surface area (Å²) < 4.78 is 5.33. The van der Waals surface area contributed by atoms with Crippen molar-refractivity contribution in [2.45, 2.75) is 19.9 Å². The largest absolute Gasteiger partial charge is 0.463 e. The van der Waals surface area contributed by atoms with E-state index in [1.54, 1.807) is 11.3 Å². The van der Waals surface area contributed by atoms with Crippen LogP contribution in [0.5, 0.6) is 6.01 Å². The van der Waals surface area contributed by atoms with Crippen molar-refractivity contribution in [2.75, 3.05) is 17.7 Å². The Morgan fingerprint density at radius 2 is 2.28 bits per heavy atom. The number of ether oxygens (including phenoxy) is 1. The number of nitrogens with two attached hydrogens (primary N) is 1. The Kier molecular flexibility index (Phi) is 4.30. The molecule has 2 aromatic heterocycles. The van der Waals surface area contributed by atoms with E-state index in [-0.39, 0.29) is 12.0 Å². The minimum absolute atomic E-state index is 0.156. The highest BCUT2D eigenvalue weighted by molar-refractivity contribution is 7.07. The second-order valence-corrected chi connectivity index (χ2v) is 4.41. The van der Waals surface area contributed by atoms with E-state index in [0.717, 1.165) is 6.42 Å². The summed E-state index contributed by atoms with van der Waals surface area (Å²) in [7, 11) is 0. The molecular formula is C11H15N5OS. The first-order valence-electron chi connectivity index (χ1n) is 5.67. The van der Waals surface area contributed by atoms with Crippen molar-refractivity contribution in [3.63, 3.8) is 0 Å². The van der Waals surface area contributed by atoms with Crippen molar-refractivity contribution in [2.24, 2.45) is 0 Å². The number of hydrogen-bond acceptors (Lipinski definition) is 7. The topological polar surface area (TPSA) is 86.0 Å². The first kappa shape index (κ1) is 12.6. The number of nitrogens with zero attached hydrogens (tertiary/aromatic N) is 3.